The van der Waals surface area contributed by atoms with Gasteiger partial charge in [-0.25, -0.2) is 9.78 Å². The van der Waals surface area contributed by atoms with E-state index in [-0.39, 0.29) is 29.5 Å². The molecule has 9 nitrogen and oxygen atoms in total. The number of aryl methyl sites for hydroxylation is 1. The largest absolute Gasteiger partial charge is 0.347 e. The Labute approximate surface area is 237 Å². The molecule has 6 rings (SSSR count). The van der Waals surface area contributed by atoms with Gasteiger partial charge >= 0.3 is 6.03 Å². The maximum absolute atomic E-state index is 13.5. The second kappa shape index (κ2) is 11.5. The van der Waals surface area contributed by atoms with Crippen molar-refractivity contribution in [3.8, 4) is 6.07 Å². The van der Waals surface area contributed by atoms with Gasteiger partial charge in [0.15, 0.2) is 0 Å². The van der Waals surface area contributed by atoms with Crippen molar-refractivity contribution in [1.82, 2.24) is 15.2 Å². The van der Waals surface area contributed by atoms with Crippen LogP contribution >= 0.6 is 11.3 Å². The average Bonchev–Trinajstić information content (AvgIpc) is 3.72. The van der Waals surface area contributed by atoms with Gasteiger partial charge in [0, 0.05) is 25.3 Å². The lowest BCUT2D eigenvalue weighted by atomic mass is 10.0. The van der Waals surface area contributed by atoms with Gasteiger partial charge in [0.25, 0.3) is 11.8 Å². The van der Waals surface area contributed by atoms with Gasteiger partial charge < -0.3 is 15.5 Å². The third-order valence-electron chi connectivity index (χ3n) is 7.23. The molecule has 2 aliphatic heterocycles. The Morgan fingerprint density at radius 1 is 1.18 bits per heavy atom. The number of carbonyl (C=O) groups excluding carboxylic acids is 3. The number of piperidine rings is 1. The molecule has 1 unspecified atom stereocenters. The maximum Gasteiger partial charge on any atom is 0.331 e. The van der Waals surface area contributed by atoms with E-state index in [4.69, 9.17) is 0 Å². The van der Waals surface area contributed by atoms with Crippen LogP contribution in [0.25, 0.3) is 10.2 Å². The predicted octanol–water partition coefficient (Wildman–Crippen LogP) is 5.90. The van der Waals surface area contributed by atoms with Crippen molar-refractivity contribution in [3.05, 3.63) is 58.6 Å². The first-order valence-electron chi connectivity index (χ1n) is 13.7. The Kier molecular flexibility index (Phi) is 7.85. The van der Waals surface area contributed by atoms with E-state index >= 15 is 0 Å². The third kappa shape index (κ3) is 5.17. The van der Waals surface area contributed by atoms with Crippen LogP contribution in [0.2, 0.25) is 0 Å². The van der Waals surface area contributed by atoms with Crippen molar-refractivity contribution in [1.29, 1.82) is 5.26 Å². The van der Waals surface area contributed by atoms with Crippen LogP contribution in [0, 0.1) is 24.2 Å². The molecular formula is C30H32N6O3S. The van der Waals surface area contributed by atoms with Crippen LogP contribution in [0.4, 0.5) is 21.9 Å². The van der Waals surface area contributed by atoms with Gasteiger partial charge in [0.1, 0.15) is 21.3 Å². The van der Waals surface area contributed by atoms with Crippen LogP contribution in [0.3, 0.4) is 0 Å². The van der Waals surface area contributed by atoms with Gasteiger partial charge in [0.2, 0.25) is 0 Å². The highest BCUT2D eigenvalue weighted by molar-refractivity contribution is 7.21. The number of hydrogen-bond acceptors (Lipinski definition) is 6. The first kappa shape index (κ1) is 27.3. The first-order chi connectivity index (χ1) is 19.4. The molecule has 2 N–H and O–H groups in total. The highest BCUT2D eigenvalue weighted by Gasteiger charge is 2.34. The Morgan fingerprint density at radius 3 is 2.67 bits per heavy atom. The van der Waals surface area contributed by atoms with Crippen LogP contribution in [0.5, 0.6) is 0 Å². The number of benzene rings is 1. The number of likely N-dealkylation sites (tertiary alicyclic amines) is 1. The monoisotopic (exact) mass is 556 g/mol. The van der Waals surface area contributed by atoms with E-state index in [9.17, 15) is 19.6 Å². The number of thiophene rings is 1. The summed E-state index contributed by atoms with van der Waals surface area (Å²) in [5, 5.41) is 16.2. The minimum absolute atomic E-state index is 0.188. The molecular weight excluding hydrogens is 524 g/mol. The number of rotatable bonds is 5. The van der Waals surface area contributed by atoms with Crippen molar-refractivity contribution < 1.29 is 14.4 Å². The Morgan fingerprint density at radius 2 is 1.95 bits per heavy atom. The SMILES string of the molecule is CC.Cc1ccccc1N1C(=O)Nc2c(C(=O)NC3CCCN(C(=O)/C(C#N)=C/C4CC4)C3)sc3nccc1c23. The van der Waals surface area contributed by atoms with Gasteiger partial charge in [-0.2, -0.15) is 5.26 Å². The topological polar surface area (TPSA) is 118 Å². The summed E-state index contributed by atoms with van der Waals surface area (Å²) in [5.41, 5.74) is 3.04. The minimum Gasteiger partial charge on any atom is -0.347 e. The quantitative estimate of drug-likeness (QED) is 0.300. The zero-order chi connectivity index (χ0) is 28.4. The first-order valence-corrected chi connectivity index (χ1v) is 14.6. The van der Waals surface area contributed by atoms with Crippen molar-refractivity contribution in [2.75, 3.05) is 23.3 Å². The van der Waals surface area contributed by atoms with E-state index in [0.29, 0.717) is 40.1 Å². The normalized spacial score (nSPS) is 18.4. The van der Waals surface area contributed by atoms with Gasteiger partial charge in [-0.15, -0.1) is 11.3 Å². The second-order valence-electron chi connectivity index (χ2n) is 9.96. The molecule has 0 radical (unpaired) electrons. The lowest BCUT2D eigenvalue weighted by molar-refractivity contribution is -0.128. The standard InChI is InChI=1S/C28H26N6O3S.C2H6/c1-16-5-2-3-7-20(16)34-21-10-11-30-26-22(21)23(32-28(34)37)24(38-26)25(35)31-19-6-4-12-33(15-19)27(36)18(14-29)13-17-8-9-17;1-2/h2-3,5,7,10-11,13,17,19H,4,6,8-9,12,15H2,1H3,(H,31,35)(H,32,37);1-2H3/b18-13+;. The molecule has 40 heavy (non-hydrogen) atoms. The number of urea groups is 1. The van der Waals surface area contributed by atoms with E-state index in [1.165, 1.54) is 11.3 Å². The number of amides is 4. The number of pyridine rings is 1. The molecule has 1 aromatic carbocycles. The highest BCUT2D eigenvalue weighted by Crippen LogP contribution is 2.46. The number of carbonyl (C=O) groups is 3. The number of nitrogens with zero attached hydrogens (tertiary/aromatic N) is 4. The fraction of sp³-hybridized carbons (Fsp3) is 0.367. The number of nitriles is 1. The predicted molar refractivity (Wildman–Crippen MR) is 157 cm³/mol. The Bertz CT molecular complexity index is 1550. The van der Waals surface area contributed by atoms with E-state index in [2.05, 4.69) is 15.6 Å². The summed E-state index contributed by atoms with van der Waals surface area (Å²) in [5.74, 6) is -0.256. The molecule has 206 valence electrons. The number of nitrogens with one attached hydrogen (secondary N) is 2. The summed E-state index contributed by atoms with van der Waals surface area (Å²) in [7, 11) is 0. The fourth-order valence-corrected chi connectivity index (χ4v) is 6.18. The number of allylic oxidation sites excluding steroid dienone is 1. The van der Waals surface area contributed by atoms with Crippen LogP contribution in [-0.2, 0) is 4.79 Å². The summed E-state index contributed by atoms with van der Waals surface area (Å²) in [4.78, 5) is 48.5. The second-order valence-corrected chi connectivity index (χ2v) is 11.0. The summed E-state index contributed by atoms with van der Waals surface area (Å²) in [6.45, 7) is 6.84. The van der Waals surface area contributed by atoms with Gasteiger partial charge in [-0.05, 0) is 56.2 Å². The van der Waals surface area contributed by atoms with Gasteiger partial charge in [-0.1, -0.05) is 38.1 Å². The average molecular weight is 557 g/mol. The molecule has 10 heteroatoms. The van der Waals surface area contributed by atoms with Crippen molar-refractivity contribution in [2.24, 2.45) is 5.92 Å². The molecule has 2 fully saturated rings. The van der Waals surface area contributed by atoms with Gasteiger partial charge in [-0.3, -0.25) is 14.5 Å². The summed E-state index contributed by atoms with van der Waals surface area (Å²) in [6.07, 6.45) is 6.91. The minimum atomic E-state index is -0.340. The van der Waals surface area contributed by atoms with Crippen molar-refractivity contribution in [3.63, 3.8) is 0 Å². The Hall–Kier alpha value is -4.23. The number of para-hydroxylation sites is 1. The van der Waals surface area contributed by atoms with Crippen molar-refractivity contribution in [2.45, 2.75) is 52.5 Å². The van der Waals surface area contributed by atoms with Crippen molar-refractivity contribution >= 4 is 56.5 Å². The number of hydrogen-bond donors (Lipinski definition) is 2. The molecule has 2 aromatic heterocycles. The number of anilines is 3. The molecule has 1 saturated heterocycles. The van der Waals surface area contributed by atoms with E-state index in [1.807, 2.05) is 51.1 Å². The van der Waals surface area contributed by atoms with Crippen LogP contribution < -0.4 is 15.5 Å². The zero-order valence-corrected chi connectivity index (χ0v) is 23.7. The third-order valence-corrected chi connectivity index (χ3v) is 8.32. The summed E-state index contributed by atoms with van der Waals surface area (Å²) >= 11 is 1.23. The molecule has 3 aliphatic rings. The molecule has 3 aromatic rings. The molecule has 4 heterocycles. The molecule has 1 atom stereocenters. The summed E-state index contributed by atoms with van der Waals surface area (Å²) < 4.78 is 0. The molecule has 1 saturated carbocycles. The van der Waals surface area contributed by atoms with E-state index in [1.54, 1.807) is 28.1 Å². The fourth-order valence-electron chi connectivity index (χ4n) is 5.15. The maximum atomic E-state index is 13.5. The lowest BCUT2D eigenvalue weighted by Crippen LogP contribution is -2.50. The van der Waals surface area contributed by atoms with Gasteiger partial charge in [0.05, 0.1) is 22.4 Å². The highest BCUT2D eigenvalue weighted by atomic mass is 32.1. The molecule has 1 aliphatic carbocycles. The molecule has 4 amide bonds. The van der Waals surface area contributed by atoms with Crippen LogP contribution in [0.15, 0.2) is 48.2 Å². The smallest absolute Gasteiger partial charge is 0.331 e. The van der Waals surface area contributed by atoms with Crippen LogP contribution in [-0.4, -0.2) is 46.9 Å². The summed E-state index contributed by atoms with van der Waals surface area (Å²) in [6, 6.07) is 10.9. The van der Waals surface area contributed by atoms with E-state index < -0.39 is 0 Å². The van der Waals surface area contributed by atoms with Crippen LogP contribution in [0.1, 0.15) is 54.8 Å². The molecule has 0 bridgehead atoms. The zero-order valence-electron chi connectivity index (χ0n) is 22.9. The molecule has 0 spiro atoms. The Balaban J connectivity index is 0.00000158. The number of aromatic nitrogens is 1. The van der Waals surface area contributed by atoms with E-state index in [0.717, 1.165) is 42.3 Å². The lowest BCUT2D eigenvalue weighted by Gasteiger charge is -2.33.